The van der Waals surface area contributed by atoms with E-state index >= 15 is 0 Å². The van der Waals surface area contributed by atoms with Crippen LogP contribution in [0.3, 0.4) is 0 Å². The van der Waals surface area contributed by atoms with Crippen molar-refractivity contribution < 1.29 is 18.4 Å². The van der Waals surface area contributed by atoms with Gasteiger partial charge in [-0.2, -0.15) is 0 Å². The number of halogens is 2. The van der Waals surface area contributed by atoms with Crippen molar-refractivity contribution in [2.24, 2.45) is 0 Å². The van der Waals surface area contributed by atoms with Crippen LogP contribution >= 0.6 is 11.3 Å². The third-order valence-corrected chi connectivity index (χ3v) is 6.42. The predicted molar refractivity (Wildman–Crippen MR) is 119 cm³/mol. The third kappa shape index (κ3) is 3.43. The van der Waals surface area contributed by atoms with Gasteiger partial charge in [-0.1, -0.05) is 24.3 Å². The molecule has 0 aliphatic carbocycles. The molecule has 0 aliphatic heterocycles. The molecule has 0 N–H and O–H groups in total. The van der Waals surface area contributed by atoms with Crippen molar-refractivity contribution in [3.8, 4) is 0 Å². The lowest BCUT2D eigenvalue weighted by atomic mass is 9.99. The smallest absolute Gasteiger partial charge is 0.194 e. The van der Waals surface area contributed by atoms with Crippen molar-refractivity contribution in [3.63, 3.8) is 0 Å². The minimum atomic E-state index is -0.394. The molecule has 31 heavy (non-hydrogen) atoms. The molecule has 0 unspecified atom stereocenters. The van der Waals surface area contributed by atoms with Gasteiger partial charge in [-0.15, -0.1) is 11.3 Å². The Labute approximate surface area is 180 Å². The van der Waals surface area contributed by atoms with E-state index in [2.05, 4.69) is 0 Å². The van der Waals surface area contributed by atoms with E-state index in [-0.39, 0.29) is 11.6 Å². The highest BCUT2D eigenvalue weighted by molar-refractivity contribution is 7.26. The fourth-order valence-corrected chi connectivity index (χ4v) is 4.90. The van der Waals surface area contributed by atoms with Gasteiger partial charge in [0.2, 0.25) is 0 Å². The van der Waals surface area contributed by atoms with Gasteiger partial charge in [0, 0.05) is 42.4 Å². The molecule has 5 rings (SSSR count). The van der Waals surface area contributed by atoms with Crippen LogP contribution in [0.2, 0.25) is 0 Å². The first-order valence-electron chi connectivity index (χ1n) is 9.57. The van der Waals surface area contributed by atoms with Crippen LogP contribution in [-0.4, -0.2) is 11.6 Å². The molecule has 0 saturated carbocycles. The van der Waals surface area contributed by atoms with Crippen molar-refractivity contribution in [1.29, 1.82) is 0 Å². The number of carbonyl (C=O) groups is 2. The molecule has 4 aromatic carbocycles. The van der Waals surface area contributed by atoms with Crippen LogP contribution in [0.15, 0.2) is 84.9 Å². The van der Waals surface area contributed by atoms with Crippen molar-refractivity contribution in [1.82, 2.24) is 0 Å². The number of ketones is 2. The molecule has 0 saturated heterocycles. The van der Waals surface area contributed by atoms with Crippen LogP contribution in [0.25, 0.3) is 20.2 Å². The molecule has 0 fully saturated rings. The maximum Gasteiger partial charge on any atom is 0.194 e. The second-order valence-electron chi connectivity index (χ2n) is 7.17. The fourth-order valence-electron chi connectivity index (χ4n) is 3.64. The van der Waals surface area contributed by atoms with Crippen molar-refractivity contribution in [3.05, 3.63) is 119 Å². The summed E-state index contributed by atoms with van der Waals surface area (Å²) in [5.74, 6) is -1.16. The molecule has 0 atom stereocenters. The van der Waals surface area contributed by atoms with E-state index in [9.17, 15) is 18.4 Å². The molecule has 0 aliphatic rings. The number of benzene rings is 4. The molecule has 150 valence electrons. The van der Waals surface area contributed by atoms with E-state index in [1.54, 1.807) is 18.2 Å². The number of rotatable bonds is 4. The Bertz CT molecular complexity index is 1470. The topological polar surface area (TPSA) is 34.1 Å². The van der Waals surface area contributed by atoms with Crippen LogP contribution in [0.4, 0.5) is 8.78 Å². The number of carbonyl (C=O) groups excluding carboxylic acids is 2. The van der Waals surface area contributed by atoms with E-state index in [0.717, 1.165) is 20.2 Å². The van der Waals surface area contributed by atoms with Gasteiger partial charge in [0.05, 0.1) is 0 Å². The zero-order valence-electron chi connectivity index (χ0n) is 16.1. The highest BCUT2D eigenvalue weighted by Crippen LogP contribution is 2.37. The molecule has 1 aromatic heterocycles. The summed E-state index contributed by atoms with van der Waals surface area (Å²) >= 11 is 1.44. The SMILES string of the molecule is O=C(c1ccc(F)cc1)c1ccc2c(c1)sc1c(C(=O)c3ccc(F)cc3)cccc12. The number of hydrogen-bond acceptors (Lipinski definition) is 3. The van der Waals surface area contributed by atoms with Crippen molar-refractivity contribution in [2.45, 2.75) is 0 Å². The van der Waals surface area contributed by atoms with E-state index in [1.807, 2.05) is 18.2 Å². The molecule has 2 nitrogen and oxygen atoms in total. The predicted octanol–water partition coefficient (Wildman–Crippen LogP) is 6.79. The fraction of sp³-hybridized carbons (Fsp3) is 0. The Balaban J connectivity index is 1.60. The van der Waals surface area contributed by atoms with E-state index in [1.165, 1.54) is 59.9 Å². The second-order valence-corrected chi connectivity index (χ2v) is 8.22. The summed E-state index contributed by atoms with van der Waals surface area (Å²) in [7, 11) is 0. The molecular weight excluding hydrogens is 414 g/mol. The number of fused-ring (bicyclic) bond motifs is 3. The average Bonchev–Trinajstić information content (AvgIpc) is 3.17. The normalized spacial score (nSPS) is 11.2. The lowest BCUT2D eigenvalue weighted by Crippen LogP contribution is -2.01. The summed E-state index contributed by atoms with van der Waals surface area (Å²) in [5, 5.41) is 1.87. The van der Waals surface area contributed by atoms with Gasteiger partial charge in [-0.05, 0) is 60.7 Å². The van der Waals surface area contributed by atoms with Gasteiger partial charge in [0.25, 0.3) is 0 Å². The zero-order chi connectivity index (χ0) is 21.5. The summed E-state index contributed by atoms with van der Waals surface area (Å²) in [6, 6.07) is 21.9. The van der Waals surface area contributed by atoms with Gasteiger partial charge >= 0.3 is 0 Å². The molecule has 0 bridgehead atoms. The number of thiophene rings is 1. The monoisotopic (exact) mass is 428 g/mol. The third-order valence-electron chi connectivity index (χ3n) is 5.22. The second kappa shape index (κ2) is 7.52. The van der Waals surface area contributed by atoms with E-state index in [0.29, 0.717) is 22.3 Å². The van der Waals surface area contributed by atoms with E-state index in [4.69, 9.17) is 0 Å². The summed E-state index contributed by atoms with van der Waals surface area (Å²) in [6.07, 6.45) is 0. The van der Waals surface area contributed by atoms with Crippen LogP contribution < -0.4 is 0 Å². The molecule has 0 spiro atoms. The van der Waals surface area contributed by atoms with Crippen LogP contribution in [0.5, 0.6) is 0 Å². The molecule has 1 heterocycles. The Kier molecular flexibility index (Phi) is 4.68. The lowest BCUT2D eigenvalue weighted by molar-refractivity contribution is 0.103. The number of hydrogen-bond donors (Lipinski definition) is 0. The lowest BCUT2D eigenvalue weighted by Gasteiger charge is -2.03. The molecule has 5 heteroatoms. The molecule has 0 radical (unpaired) electrons. The van der Waals surface area contributed by atoms with Crippen molar-refractivity contribution in [2.75, 3.05) is 0 Å². The highest BCUT2D eigenvalue weighted by Gasteiger charge is 2.17. The van der Waals surface area contributed by atoms with Crippen LogP contribution in [-0.2, 0) is 0 Å². The first kappa shape index (κ1) is 19.3. The average molecular weight is 428 g/mol. The zero-order valence-corrected chi connectivity index (χ0v) is 16.9. The van der Waals surface area contributed by atoms with Gasteiger partial charge in [0.15, 0.2) is 11.6 Å². The summed E-state index contributed by atoms with van der Waals surface area (Å²) in [6.45, 7) is 0. The molecular formula is C26H14F2O2S. The summed E-state index contributed by atoms with van der Waals surface area (Å²) in [5.41, 5.74) is 1.86. The van der Waals surface area contributed by atoms with Gasteiger partial charge in [0.1, 0.15) is 11.6 Å². The Morgan fingerprint density at radius 3 is 1.84 bits per heavy atom. The highest BCUT2D eigenvalue weighted by atomic mass is 32.1. The quantitative estimate of drug-likeness (QED) is 0.295. The molecule has 0 amide bonds. The first-order chi connectivity index (χ1) is 15.0. The van der Waals surface area contributed by atoms with Gasteiger partial charge in [-0.3, -0.25) is 9.59 Å². The Morgan fingerprint density at radius 2 is 1.19 bits per heavy atom. The minimum absolute atomic E-state index is 0.181. The summed E-state index contributed by atoms with van der Waals surface area (Å²) < 4.78 is 28.1. The minimum Gasteiger partial charge on any atom is -0.289 e. The largest absolute Gasteiger partial charge is 0.289 e. The van der Waals surface area contributed by atoms with Crippen LogP contribution in [0.1, 0.15) is 31.8 Å². The molecule has 5 aromatic rings. The maximum atomic E-state index is 13.2. The van der Waals surface area contributed by atoms with Crippen LogP contribution in [0, 0.1) is 11.6 Å². The van der Waals surface area contributed by atoms with E-state index < -0.39 is 11.6 Å². The Hall–Kier alpha value is -3.70. The standard InChI is InChI=1S/C26H14F2O2S/c27-18-9-4-15(5-10-18)24(29)17-8-13-20-21-2-1-3-22(26(21)31-23(20)14-17)25(30)16-6-11-19(28)12-7-16/h1-14H. The summed E-state index contributed by atoms with van der Waals surface area (Å²) in [4.78, 5) is 25.8. The Morgan fingerprint density at radius 1 is 0.613 bits per heavy atom. The maximum absolute atomic E-state index is 13.2. The first-order valence-corrected chi connectivity index (χ1v) is 10.4. The van der Waals surface area contributed by atoms with Gasteiger partial charge in [-0.25, -0.2) is 8.78 Å². The van der Waals surface area contributed by atoms with Gasteiger partial charge < -0.3 is 0 Å². The van der Waals surface area contributed by atoms with Crippen molar-refractivity contribution >= 4 is 43.1 Å².